The highest BCUT2D eigenvalue weighted by Crippen LogP contribution is 2.30. The van der Waals surface area contributed by atoms with E-state index in [-0.39, 0.29) is 5.84 Å². The predicted molar refractivity (Wildman–Crippen MR) is 131 cm³/mol. The number of alkyl halides is 1. The number of nitrogens with two attached hydrogens (primary N) is 1. The lowest BCUT2D eigenvalue weighted by atomic mass is 10.1. The smallest absolute Gasteiger partial charge is 0.170 e. The summed E-state index contributed by atoms with van der Waals surface area (Å²) in [5.74, 6) is 2.31. The van der Waals surface area contributed by atoms with Crippen molar-refractivity contribution in [2.24, 2.45) is 10.9 Å². The molecule has 1 heterocycles. The second-order valence-electron chi connectivity index (χ2n) is 7.24. The number of thiazole rings is 1. The number of hydrogen-bond donors (Lipinski definition) is 2. The van der Waals surface area contributed by atoms with E-state index in [0.717, 1.165) is 53.4 Å². The van der Waals surface area contributed by atoms with Gasteiger partial charge in [-0.2, -0.15) is 0 Å². The number of amidine groups is 1. The molecule has 0 aliphatic heterocycles. The first-order chi connectivity index (χ1) is 15.6. The summed E-state index contributed by atoms with van der Waals surface area (Å²) in [5, 5.41) is 12.7. The van der Waals surface area contributed by atoms with Gasteiger partial charge < -0.3 is 20.4 Å². The number of benzene rings is 2. The van der Waals surface area contributed by atoms with E-state index in [1.807, 2.05) is 31.2 Å². The van der Waals surface area contributed by atoms with Crippen LogP contribution in [0.2, 0.25) is 0 Å². The van der Waals surface area contributed by atoms with Gasteiger partial charge in [-0.15, -0.1) is 22.9 Å². The van der Waals surface area contributed by atoms with E-state index in [4.69, 9.17) is 32.0 Å². The van der Waals surface area contributed by atoms with Gasteiger partial charge in [0.15, 0.2) is 5.84 Å². The molecule has 3 rings (SSSR count). The Bertz CT molecular complexity index is 1000. The number of halogens is 1. The fraction of sp³-hybridized carbons (Fsp3) is 0.333. The van der Waals surface area contributed by atoms with Crippen LogP contribution in [0.1, 0.15) is 34.7 Å². The van der Waals surface area contributed by atoms with Gasteiger partial charge in [0.05, 0.1) is 23.9 Å². The molecule has 1 aromatic heterocycles. The van der Waals surface area contributed by atoms with E-state index in [1.165, 1.54) is 4.88 Å². The zero-order valence-electron chi connectivity index (χ0n) is 18.1. The Morgan fingerprint density at radius 2 is 1.59 bits per heavy atom. The SMILES string of the molecule is Cc1nc(-c2ccc(OCCCCCOc3ccc(/C(N)=N\O)cc3)cc2)c(CCCl)s1. The van der Waals surface area contributed by atoms with E-state index >= 15 is 0 Å². The first-order valence-corrected chi connectivity index (χ1v) is 11.9. The number of nitrogens with zero attached hydrogens (tertiary/aromatic N) is 2. The minimum atomic E-state index is 0.0838. The second-order valence-corrected chi connectivity index (χ2v) is 8.90. The molecular weight excluding hydrogens is 446 g/mol. The van der Waals surface area contributed by atoms with E-state index in [0.29, 0.717) is 24.7 Å². The Hall–Kier alpha value is -2.77. The highest BCUT2D eigenvalue weighted by atomic mass is 35.5. The third-order valence-electron chi connectivity index (χ3n) is 4.84. The summed E-state index contributed by atoms with van der Waals surface area (Å²) in [6, 6.07) is 15.2. The van der Waals surface area contributed by atoms with Gasteiger partial charge >= 0.3 is 0 Å². The minimum absolute atomic E-state index is 0.0838. The van der Waals surface area contributed by atoms with Gasteiger partial charge in [-0.05, 0) is 81.1 Å². The molecule has 0 fully saturated rings. The van der Waals surface area contributed by atoms with Crippen LogP contribution < -0.4 is 15.2 Å². The summed E-state index contributed by atoms with van der Waals surface area (Å²) >= 11 is 7.63. The maximum atomic E-state index is 8.68. The number of ether oxygens (including phenoxy) is 2. The van der Waals surface area contributed by atoms with Gasteiger partial charge in [0.1, 0.15) is 11.5 Å². The minimum Gasteiger partial charge on any atom is -0.494 e. The average Bonchev–Trinajstić information content (AvgIpc) is 3.19. The molecule has 0 saturated carbocycles. The molecule has 0 atom stereocenters. The molecule has 3 aromatic rings. The lowest BCUT2D eigenvalue weighted by molar-refractivity contribution is 0.279. The molecule has 0 saturated heterocycles. The fourth-order valence-electron chi connectivity index (χ4n) is 3.20. The third kappa shape index (κ3) is 6.87. The lowest BCUT2D eigenvalue weighted by Gasteiger charge is -2.09. The molecule has 0 radical (unpaired) electrons. The van der Waals surface area contributed by atoms with Crippen molar-refractivity contribution in [1.29, 1.82) is 0 Å². The summed E-state index contributed by atoms with van der Waals surface area (Å²) in [6.07, 6.45) is 3.75. The molecular formula is C24H28ClN3O3S. The van der Waals surface area contributed by atoms with Crippen LogP contribution in [-0.4, -0.2) is 35.1 Å². The third-order valence-corrected chi connectivity index (χ3v) is 6.06. The van der Waals surface area contributed by atoms with Crippen LogP contribution in [0.15, 0.2) is 53.7 Å². The van der Waals surface area contributed by atoms with Gasteiger partial charge in [-0.1, -0.05) is 5.16 Å². The van der Waals surface area contributed by atoms with E-state index in [2.05, 4.69) is 22.3 Å². The first kappa shape index (κ1) is 23.9. The molecule has 0 bridgehead atoms. The van der Waals surface area contributed by atoms with E-state index in [1.54, 1.807) is 23.5 Å². The summed E-state index contributed by atoms with van der Waals surface area (Å²) in [5.41, 5.74) is 8.32. The monoisotopic (exact) mass is 473 g/mol. The van der Waals surface area contributed by atoms with Crippen molar-refractivity contribution < 1.29 is 14.7 Å². The first-order valence-electron chi connectivity index (χ1n) is 10.6. The Morgan fingerprint density at radius 1 is 1.00 bits per heavy atom. The molecule has 2 aromatic carbocycles. The largest absolute Gasteiger partial charge is 0.494 e. The van der Waals surface area contributed by atoms with Gasteiger partial charge in [0, 0.05) is 21.9 Å². The average molecular weight is 474 g/mol. The van der Waals surface area contributed by atoms with Crippen LogP contribution >= 0.6 is 22.9 Å². The van der Waals surface area contributed by atoms with Crippen molar-refractivity contribution >= 4 is 28.8 Å². The zero-order chi connectivity index (χ0) is 22.8. The van der Waals surface area contributed by atoms with Crippen molar-refractivity contribution in [2.45, 2.75) is 32.6 Å². The van der Waals surface area contributed by atoms with Gasteiger partial charge in [-0.25, -0.2) is 4.98 Å². The molecule has 0 aliphatic carbocycles. The number of oxime groups is 1. The summed E-state index contributed by atoms with van der Waals surface area (Å²) in [7, 11) is 0. The molecule has 6 nitrogen and oxygen atoms in total. The van der Waals surface area contributed by atoms with Crippen LogP contribution in [0.3, 0.4) is 0 Å². The lowest BCUT2D eigenvalue weighted by Crippen LogP contribution is -2.12. The Balaban J connectivity index is 1.35. The molecule has 8 heteroatoms. The quantitative estimate of drug-likeness (QED) is 0.0889. The van der Waals surface area contributed by atoms with Crippen LogP contribution in [0.25, 0.3) is 11.3 Å². The number of hydrogen-bond acceptors (Lipinski definition) is 6. The number of aromatic nitrogens is 1. The van der Waals surface area contributed by atoms with Gasteiger partial charge in [0.25, 0.3) is 0 Å². The highest BCUT2D eigenvalue weighted by molar-refractivity contribution is 7.12. The summed E-state index contributed by atoms with van der Waals surface area (Å²) in [4.78, 5) is 5.89. The van der Waals surface area contributed by atoms with Crippen molar-refractivity contribution in [1.82, 2.24) is 4.98 Å². The molecule has 0 aliphatic rings. The number of unbranched alkanes of at least 4 members (excludes halogenated alkanes) is 2. The Kier molecular flexibility index (Phi) is 9.19. The van der Waals surface area contributed by atoms with E-state index in [9.17, 15) is 0 Å². The number of aryl methyl sites for hydroxylation is 2. The Morgan fingerprint density at radius 3 is 2.16 bits per heavy atom. The normalized spacial score (nSPS) is 11.5. The molecule has 170 valence electrons. The fourth-order valence-corrected chi connectivity index (χ4v) is 4.46. The molecule has 32 heavy (non-hydrogen) atoms. The number of rotatable bonds is 12. The van der Waals surface area contributed by atoms with Gasteiger partial charge in [-0.3, -0.25) is 0 Å². The zero-order valence-corrected chi connectivity index (χ0v) is 19.7. The maximum Gasteiger partial charge on any atom is 0.170 e. The van der Waals surface area contributed by atoms with E-state index < -0.39 is 0 Å². The van der Waals surface area contributed by atoms with Crippen LogP contribution in [-0.2, 0) is 6.42 Å². The van der Waals surface area contributed by atoms with Crippen LogP contribution in [0, 0.1) is 6.92 Å². The predicted octanol–water partition coefficient (Wildman–Crippen LogP) is 5.62. The van der Waals surface area contributed by atoms with Gasteiger partial charge in [0.2, 0.25) is 0 Å². The standard InChI is InChI=1S/C24H28ClN3O3S/c1-17-27-23(22(32-17)13-14-25)18-5-9-20(10-6-18)30-15-3-2-4-16-31-21-11-7-19(8-12-21)24(26)28-29/h5-12,29H,2-4,13-16H2,1H3,(H2,26,28). The molecule has 0 spiro atoms. The Labute approximate surface area is 197 Å². The molecule has 0 amide bonds. The maximum absolute atomic E-state index is 8.68. The molecule has 0 unspecified atom stereocenters. The second kappa shape index (κ2) is 12.3. The van der Waals surface area contributed by atoms with Crippen LogP contribution in [0.4, 0.5) is 0 Å². The topological polar surface area (TPSA) is 90.0 Å². The summed E-state index contributed by atoms with van der Waals surface area (Å²) in [6.45, 7) is 3.32. The van der Waals surface area contributed by atoms with Crippen molar-refractivity contribution in [3.8, 4) is 22.8 Å². The van der Waals surface area contributed by atoms with Crippen molar-refractivity contribution in [3.63, 3.8) is 0 Å². The van der Waals surface area contributed by atoms with Crippen LogP contribution in [0.5, 0.6) is 11.5 Å². The van der Waals surface area contributed by atoms with Crippen molar-refractivity contribution in [2.75, 3.05) is 19.1 Å². The summed E-state index contributed by atoms with van der Waals surface area (Å²) < 4.78 is 11.6. The van der Waals surface area contributed by atoms with Crippen molar-refractivity contribution in [3.05, 3.63) is 64.0 Å². The highest BCUT2D eigenvalue weighted by Gasteiger charge is 2.11. The molecule has 3 N–H and O–H groups in total.